The van der Waals surface area contributed by atoms with Crippen LogP contribution in [-0.4, -0.2) is 29.8 Å². The molecule has 0 aliphatic heterocycles. The fraction of sp³-hybridized carbons (Fsp3) is 0.273. The van der Waals surface area contributed by atoms with E-state index < -0.39 is 0 Å². The lowest BCUT2D eigenvalue weighted by Crippen LogP contribution is -1.97. The van der Waals surface area contributed by atoms with Gasteiger partial charge in [0.1, 0.15) is 0 Å². The van der Waals surface area contributed by atoms with Gasteiger partial charge in [-0.05, 0) is 26.0 Å². The average molecular weight is 260 g/mol. The van der Waals surface area contributed by atoms with Gasteiger partial charge in [0.2, 0.25) is 5.16 Å². The number of thioether (sulfide) groups is 1. The summed E-state index contributed by atoms with van der Waals surface area (Å²) in [5.74, 6) is 1.43. The SMILES string of the molecule is Cc1cc(C)n2nc(SCc3ccn[nH]3)nc2n1. The Bertz CT molecular complexity index is 672. The van der Waals surface area contributed by atoms with Gasteiger partial charge < -0.3 is 0 Å². The molecule has 1 N–H and O–H groups in total. The molecule has 3 aromatic heterocycles. The largest absolute Gasteiger partial charge is 0.282 e. The van der Waals surface area contributed by atoms with Crippen LogP contribution in [0.1, 0.15) is 17.1 Å². The summed E-state index contributed by atoms with van der Waals surface area (Å²) in [7, 11) is 0. The molecule has 18 heavy (non-hydrogen) atoms. The smallest absolute Gasteiger partial charge is 0.253 e. The van der Waals surface area contributed by atoms with Crippen LogP contribution >= 0.6 is 11.8 Å². The van der Waals surface area contributed by atoms with Crippen molar-refractivity contribution in [2.24, 2.45) is 0 Å². The van der Waals surface area contributed by atoms with Crippen LogP contribution in [0.2, 0.25) is 0 Å². The van der Waals surface area contributed by atoms with E-state index >= 15 is 0 Å². The van der Waals surface area contributed by atoms with E-state index in [4.69, 9.17) is 0 Å². The van der Waals surface area contributed by atoms with E-state index in [2.05, 4.69) is 25.3 Å². The normalized spacial score (nSPS) is 11.2. The van der Waals surface area contributed by atoms with Gasteiger partial charge in [-0.3, -0.25) is 5.10 Å². The van der Waals surface area contributed by atoms with Gasteiger partial charge in [0.05, 0.1) is 0 Å². The zero-order valence-corrected chi connectivity index (χ0v) is 10.9. The van der Waals surface area contributed by atoms with E-state index in [9.17, 15) is 0 Å². The molecule has 0 aliphatic rings. The molecule has 0 bridgehead atoms. The summed E-state index contributed by atoms with van der Waals surface area (Å²) >= 11 is 1.56. The summed E-state index contributed by atoms with van der Waals surface area (Å²) in [5.41, 5.74) is 3.05. The van der Waals surface area contributed by atoms with Crippen molar-refractivity contribution in [2.45, 2.75) is 24.8 Å². The first-order valence-corrected chi connectivity index (χ1v) is 6.53. The Kier molecular flexibility index (Phi) is 2.75. The number of nitrogens with zero attached hydrogens (tertiary/aromatic N) is 5. The van der Waals surface area contributed by atoms with Crippen LogP contribution in [0.3, 0.4) is 0 Å². The summed E-state index contributed by atoms with van der Waals surface area (Å²) in [6.45, 7) is 3.96. The third-order valence-electron chi connectivity index (χ3n) is 2.51. The molecule has 0 spiro atoms. The van der Waals surface area contributed by atoms with Gasteiger partial charge in [-0.25, -0.2) is 9.50 Å². The molecule has 0 fully saturated rings. The Labute approximate surface area is 108 Å². The van der Waals surface area contributed by atoms with Gasteiger partial charge in [-0.2, -0.15) is 10.1 Å². The van der Waals surface area contributed by atoms with Crippen molar-refractivity contribution < 1.29 is 0 Å². The zero-order valence-electron chi connectivity index (χ0n) is 10.1. The number of fused-ring (bicyclic) bond motifs is 1. The summed E-state index contributed by atoms with van der Waals surface area (Å²) in [6, 6.07) is 3.93. The van der Waals surface area contributed by atoms with Crippen LogP contribution in [0.25, 0.3) is 5.78 Å². The Morgan fingerprint density at radius 1 is 1.33 bits per heavy atom. The highest BCUT2D eigenvalue weighted by Crippen LogP contribution is 2.19. The zero-order chi connectivity index (χ0) is 12.5. The molecular weight excluding hydrogens is 248 g/mol. The highest BCUT2D eigenvalue weighted by Gasteiger charge is 2.08. The number of rotatable bonds is 3. The Morgan fingerprint density at radius 3 is 3.00 bits per heavy atom. The Balaban J connectivity index is 1.87. The molecule has 3 rings (SSSR count). The van der Waals surface area contributed by atoms with E-state index in [0.29, 0.717) is 5.78 Å². The van der Waals surface area contributed by atoms with Crippen molar-refractivity contribution in [1.29, 1.82) is 0 Å². The molecule has 6 nitrogen and oxygen atoms in total. The van der Waals surface area contributed by atoms with Gasteiger partial charge in [-0.1, -0.05) is 11.8 Å². The number of aromatic nitrogens is 6. The van der Waals surface area contributed by atoms with Gasteiger partial charge >= 0.3 is 0 Å². The summed E-state index contributed by atoms with van der Waals surface area (Å²) in [4.78, 5) is 8.76. The Hall–Kier alpha value is -1.89. The van der Waals surface area contributed by atoms with E-state index in [0.717, 1.165) is 28.0 Å². The average Bonchev–Trinajstić information content (AvgIpc) is 2.93. The van der Waals surface area contributed by atoms with Crippen LogP contribution in [0, 0.1) is 13.8 Å². The van der Waals surface area contributed by atoms with Crippen molar-refractivity contribution in [3.8, 4) is 0 Å². The fourth-order valence-corrected chi connectivity index (χ4v) is 2.45. The first-order valence-electron chi connectivity index (χ1n) is 5.54. The maximum atomic E-state index is 4.42. The maximum absolute atomic E-state index is 4.42. The maximum Gasteiger partial charge on any atom is 0.253 e. The minimum Gasteiger partial charge on any atom is -0.282 e. The topological polar surface area (TPSA) is 71.8 Å². The summed E-state index contributed by atoms with van der Waals surface area (Å²) < 4.78 is 1.77. The third kappa shape index (κ3) is 2.08. The summed E-state index contributed by atoms with van der Waals surface area (Å²) in [6.07, 6.45) is 1.74. The van der Waals surface area contributed by atoms with Crippen molar-refractivity contribution in [3.63, 3.8) is 0 Å². The quantitative estimate of drug-likeness (QED) is 0.726. The molecule has 0 atom stereocenters. The molecular formula is C11H12N6S. The fourth-order valence-electron chi connectivity index (χ4n) is 1.72. The van der Waals surface area contributed by atoms with E-state index in [-0.39, 0.29) is 0 Å². The van der Waals surface area contributed by atoms with Crippen LogP contribution in [-0.2, 0) is 5.75 Å². The second kappa shape index (κ2) is 4.41. The van der Waals surface area contributed by atoms with Gasteiger partial charge in [0.15, 0.2) is 0 Å². The van der Waals surface area contributed by atoms with Crippen molar-refractivity contribution in [2.75, 3.05) is 0 Å². The first kappa shape index (κ1) is 11.2. The number of H-pyrrole nitrogens is 1. The lowest BCUT2D eigenvalue weighted by Gasteiger charge is -1.97. The first-order chi connectivity index (χ1) is 8.72. The van der Waals surface area contributed by atoms with Gasteiger partial charge in [-0.15, -0.1) is 5.10 Å². The van der Waals surface area contributed by atoms with Crippen molar-refractivity contribution in [1.82, 2.24) is 29.8 Å². The predicted octanol–water partition coefficient (Wildman–Crippen LogP) is 1.76. The van der Waals surface area contributed by atoms with Crippen molar-refractivity contribution >= 4 is 17.5 Å². The van der Waals surface area contributed by atoms with E-state index in [1.165, 1.54) is 0 Å². The summed E-state index contributed by atoms with van der Waals surface area (Å²) in [5, 5.41) is 12.0. The number of aryl methyl sites for hydroxylation is 2. The Morgan fingerprint density at radius 2 is 2.22 bits per heavy atom. The van der Waals surface area contributed by atoms with Crippen LogP contribution in [0.4, 0.5) is 0 Å². The van der Waals surface area contributed by atoms with Gasteiger partial charge in [0, 0.05) is 29.0 Å². The predicted molar refractivity (Wildman–Crippen MR) is 68.4 cm³/mol. The molecule has 0 saturated carbocycles. The molecule has 3 aromatic rings. The molecule has 0 aromatic carbocycles. The molecule has 0 aliphatic carbocycles. The second-order valence-electron chi connectivity index (χ2n) is 4.02. The third-order valence-corrected chi connectivity index (χ3v) is 3.40. The molecule has 0 amide bonds. The lowest BCUT2D eigenvalue weighted by atomic mass is 10.4. The molecule has 92 valence electrons. The standard InChI is InChI=1S/C11H12N6S/c1-7-5-8(2)17-10(13-7)14-11(16-17)18-6-9-3-4-12-15-9/h3-5H,6H2,1-2H3,(H,12,15). The number of nitrogens with one attached hydrogen (secondary N) is 1. The van der Waals surface area contributed by atoms with Crippen LogP contribution in [0.15, 0.2) is 23.5 Å². The highest BCUT2D eigenvalue weighted by molar-refractivity contribution is 7.98. The second-order valence-corrected chi connectivity index (χ2v) is 4.96. The number of hydrogen-bond donors (Lipinski definition) is 1. The van der Waals surface area contributed by atoms with Crippen LogP contribution in [0.5, 0.6) is 0 Å². The molecule has 0 unspecified atom stereocenters. The monoisotopic (exact) mass is 260 g/mol. The van der Waals surface area contributed by atoms with Crippen molar-refractivity contribution in [3.05, 3.63) is 35.4 Å². The molecule has 0 saturated heterocycles. The molecule has 3 heterocycles. The van der Waals surface area contributed by atoms with Crippen LogP contribution < -0.4 is 0 Å². The minimum absolute atomic E-state index is 0.652. The number of aromatic amines is 1. The number of hydrogen-bond acceptors (Lipinski definition) is 5. The molecule has 7 heteroatoms. The van der Waals surface area contributed by atoms with E-state index in [1.807, 2.05) is 26.0 Å². The lowest BCUT2D eigenvalue weighted by molar-refractivity contribution is 0.843. The highest BCUT2D eigenvalue weighted by atomic mass is 32.2. The minimum atomic E-state index is 0.652. The van der Waals surface area contributed by atoms with E-state index in [1.54, 1.807) is 22.5 Å². The van der Waals surface area contributed by atoms with Gasteiger partial charge in [0.25, 0.3) is 5.78 Å². The molecule has 0 radical (unpaired) electrons.